The Balaban J connectivity index is 1.81. The third-order valence-corrected chi connectivity index (χ3v) is 6.49. The SMILES string of the molecule is CCCCCOc1ccc(/C(O)=C2\C(=O)C(=O)N(c3ccc(F)c(Cl)c3)C2c2ccccc2OC)cc1. The lowest BCUT2D eigenvalue weighted by Gasteiger charge is -2.26. The van der Waals surface area contributed by atoms with Gasteiger partial charge in [-0.3, -0.25) is 14.5 Å². The van der Waals surface area contributed by atoms with Crippen LogP contribution >= 0.6 is 11.6 Å². The zero-order valence-electron chi connectivity index (χ0n) is 20.5. The Morgan fingerprint density at radius 3 is 2.46 bits per heavy atom. The van der Waals surface area contributed by atoms with E-state index in [-0.39, 0.29) is 22.0 Å². The van der Waals surface area contributed by atoms with E-state index in [0.29, 0.717) is 29.2 Å². The molecule has 1 aliphatic heterocycles. The average Bonchev–Trinajstić information content (AvgIpc) is 3.18. The summed E-state index contributed by atoms with van der Waals surface area (Å²) in [5, 5.41) is 11.1. The Hall–Kier alpha value is -3.84. The van der Waals surface area contributed by atoms with Gasteiger partial charge in [-0.25, -0.2) is 4.39 Å². The van der Waals surface area contributed by atoms with Gasteiger partial charge in [-0.1, -0.05) is 49.6 Å². The molecule has 4 rings (SSSR count). The summed E-state index contributed by atoms with van der Waals surface area (Å²) in [7, 11) is 1.47. The second kappa shape index (κ2) is 11.5. The van der Waals surface area contributed by atoms with Crippen LogP contribution in [0.5, 0.6) is 11.5 Å². The molecule has 1 atom stereocenters. The monoisotopic (exact) mass is 523 g/mol. The van der Waals surface area contributed by atoms with Crippen LogP contribution in [0.25, 0.3) is 5.76 Å². The van der Waals surface area contributed by atoms with Crippen LogP contribution in [0.2, 0.25) is 5.02 Å². The molecular formula is C29H27ClFNO5. The number of hydrogen-bond acceptors (Lipinski definition) is 5. The van der Waals surface area contributed by atoms with Gasteiger partial charge >= 0.3 is 0 Å². The van der Waals surface area contributed by atoms with E-state index in [4.69, 9.17) is 21.1 Å². The van der Waals surface area contributed by atoms with Gasteiger partial charge in [-0.2, -0.15) is 0 Å². The predicted octanol–water partition coefficient (Wildman–Crippen LogP) is 6.68. The molecule has 0 spiro atoms. The van der Waals surface area contributed by atoms with Crippen molar-refractivity contribution in [2.75, 3.05) is 18.6 Å². The van der Waals surface area contributed by atoms with Crippen LogP contribution in [-0.4, -0.2) is 30.5 Å². The third-order valence-electron chi connectivity index (χ3n) is 6.20. The molecule has 0 radical (unpaired) electrons. The molecule has 0 aromatic heterocycles. The minimum atomic E-state index is -1.04. The van der Waals surface area contributed by atoms with Gasteiger partial charge < -0.3 is 14.6 Å². The number of carbonyl (C=O) groups is 2. The van der Waals surface area contributed by atoms with E-state index < -0.39 is 23.5 Å². The summed E-state index contributed by atoms with van der Waals surface area (Å²) in [4.78, 5) is 27.8. The van der Waals surface area contributed by atoms with Crippen molar-refractivity contribution in [2.24, 2.45) is 0 Å². The molecule has 37 heavy (non-hydrogen) atoms. The van der Waals surface area contributed by atoms with Crippen LogP contribution < -0.4 is 14.4 Å². The quantitative estimate of drug-likeness (QED) is 0.146. The minimum absolute atomic E-state index is 0.119. The second-order valence-corrected chi connectivity index (χ2v) is 9.00. The van der Waals surface area contributed by atoms with E-state index in [9.17, 15) is 19.1 Å². The van der Waals surface area contributed by atoms with E-state index >= 15 is 0 Å². The maximum Gasteiger partial charge on any atom is 0.300 e. The number of rotatable bonds is 9. The summed E-state index contributed by atoms with van der Waals surface area (Å²) < 4.78 is 25.1. The van der Waals surface area contributed by atoms with Crippen molar-refractivity contribution in [2.45, 2.75) is 32.2 Å². The molecule has 1 fully saturated rings. The van der Waals surface area contributed by atoms with Gasteiger partial charge in [0.2, 0.25) is 0 Å². The van der Waals surface area contributed by atoms with E-state index in [2.05, 4.69) is 6.92 Å². The fourth-order valence-electron chi connectivity index (χ4n) is 4.33. The molecule has 1 aliphatic rings. The predicted molar refractivity (Wildman–Crippen MR) is 141 cm³/mol. The fourth-order valence-corrected chi connectivity index (χ4v) is 4.50. The highest BCUT2D eigenvalue weighted by Gasteiger charge is 2.48. The fraction of sp³-hybridized carbons (Fsp3) is 0.241. The molecule has 0 saturated carbocycles. The number of amides is 1. The second-order valence-electron chi connectivity index (χ2n) is 8.59. The molecule has 3 aromatic carbocycles. The summed E-state index contributed by atoms with van der Waals surface area (Å²) in [6.07, 6.45) is 3.10. The third kappa shape index (κ3) is 5.32. The largest absolute Gasteiger partial charge is 0.507 e. The van der Waals surface area contributed by atoms with Gasteiger partial charge in [-0.05, 0) is 55.0 Å². The van der Waals surface area contributed by atoms with Crippen molar-refractivity contribution >= 4 is 34.7 Å². The van der Waals surface area contributed by atoms with E-state index in [1.54, 1.807) is 48.5 Å². The van der Waals surface area contributed by atoms with Crippen LogP contribution in [0.15, 0.2) is 72.3 Å². The lowest BCUT2D eigenvalue weighted by molar-refractivity contribution is -0.132. The molecule has 1 unspecified atom stereocenters. The van der Waals surface area contributed by atoms with Crippen molar-refractivity contribution < 1.29 is 28.6 Å². The summed E-state index contributed by atoms with van der Waals surface area (Å²) in [6, 6.07) is 16.3. The van der Waals surface area contributed by atoms with Crippen molar-refractivity contribution in [3.8, 4) is 11.5 Å². The molecule has 1 saturated heterocycles. The molecule has 0 bridgehead atoms. The molecule has 0 aliphatic carbocycles. The number of Topliss-reactive ketones (excluding diaryl/α,β-unsaturated/α-hetero) is 1. The maximum absolute atomic E-state index is 13.9. The lowest BCUT2D eigenvalue weighted by Crippen LogP contribution is -2.29. The number of aliphatic hydroxyl groups is 1. The van der Waals surface area contributed by atoms with Crippen LogP contribution in [0.1, 0.15) is 43.4 Å². The smallest absolute Gasteiger partial charge is 0.300 e. The van der Waals surface area contributed by atoms with Crippen LogP contribution in [0.4, 0.5) is 10.1 Å². The highest BCUT2D eigenvalue weighted by Crippen LogP contribution is 2.45. The molecule has 1 N–H and O–H groups in total. The Morgan fingerprint density at radius 1 is 1.05 bits per heavy atom. The van der Waals surface area contributed by atoms with Gasteiger partial charge in [0.05, 0.1) is 30.4 Å². The maximum atomic E-state index is 13.9. The van der Waals surface area contributed by atoms with E-state index in [1.807, 2.05) is 0 Å². The zero-order chi connectivity index (χ0) is 26.5. The number of aliphatic hydroxyl groups excluding tert-OH is 1. The van der Waals surface area contributed by atoms with Gasteiger partial charge in [0.15, 0.2) is 0 Å². The molecule has 1 heterocycles. The van der Waals surface area contributed by atoms with Crippen molar-refractivity contribution in [3.05, 3.63) is 94.3 Å². The van der Waals surface area contributed by atoms with E-state index in [0.717, 1.165) is 25.3 Å². The first-order valence-electron chi connectivity index (χ1n) is 12.0. The van der Waals surface area contributed by atoms with E-state index in [1.165, 1.54) is 24.1 Å². The highest BCUT2D eigenvalue weighted by atomic mass is 35.5. The number of ketones is 1. The zero-order valence-corrected chi connectivity index (χ0v) is 21.3. The molecule has 192 valence electrons. The first-order chi connectivity index (χ1) is 17.9. The summed E-state index contributed by atoms with van der Waals surface area (Å²) >= 11 is 6.00. The van der Waals surface area contributed by atoms with Crippen LogP contribution in [0, 0.1) is 5.82 Å². The minimum Gasteiger partial charge on any atom is -0.507 e. The van der Waals surface area contributed by atoms with Gasteiger partial charge in [0.25, 0.3) is 11.7 Å². The topological polar surface area (TPSA) is 76.1 Å². The number of ether oxygens (including phenoxy) is 2. The Morgan fingerprint density at radius 2 is 1.78 bits per heavy atom. The first kappa shape index (κ1) is 26.2. The number of para-hydroxylation sites is 1. The lowest BCUT2D eigenvalue weighted by atomic mass is 9.94. The molecule has 3 aromatic rings. The van der Waals surface area contributed by atoms with Crippen molar-refractivity contribution in [3.63, 3.8) is 0 Å². The highest BCUT2D eigenvalue weighted by molar-refractivity contribution is 6.52. The van der Waals surface area contributed by atoms with Crippen molar-refractivity contribution in [1.82, 2.24) is 0 Å². The summed E-state index contributed by atoms with van der Waals surface area (Å²) in [5.41, 5.74) is 0.906. The number of benzene rings is 3. The molecule has 6 nitrogen and oxygen atoms in total. The number of carbonyl (C=O) groups excluding carboxylic acids is 2. The van der Waals surface area contributed by atoms with Crippen LogP contribution in [-0.2, 0) is 9.59 Å². The normalized spacial score (nSPS) is 16.8. The van der Waals surface area contributed by atoms with Gasteiger partial charge in [0.1, 0.15) is 23.1 Å². The van der Waals surface area contributed by atoms with Gasteiger partial charge in [-0.15, -0.1) is 0 Å². The number of hydrogen-bond donors (Lipinski definition) is 1. The number of anilines is 1. The summed E-state index contributed by atoms with van der Waals surface area (Å²) in [6.45, 7) is 2.70. The summed E-state index contributed by atoms with van der Waals surface area (Å²) in [5.74, 6) is -1.72. The molecular weight excluding hydrogens is 497 g/mol. The number of methoxy groups -OCH3 is 1. The Labute approximate surface area is 219 Å². The standard InChI is InChI=1S/C29H27ClFNO5/c1-3-4-7-16-37-20-13-10-18(11-14-20)27(33)25-26(21-8-5-6-9-24(21)36-2)32(29(35)28(25)34)19-12-15-23(31)22(30)17-19/h5-6,8-15,17,26,33H,3-4,7,16H2,1-2H3/b27-25+. The first-order valence-corrected chi connectivity index (χ1v) is 12.4. The van der Waals surface area contributed by atoms with Gasteiger partial charge in [0, 0.05) is 16.8 Å². The molecule has 8 heteroatoms. The number of halogens is 2. The number of unbranched alkanes of at least 4 members (excludes halogenated alkanes) is 2. The average molecular weight is 524 g/mol. The Kier molecular flexibility index (Phi) is 8.14. The Bertz CT molecular complexity index is 1340. The number of nitrogens with zero attached hydrogens (tertiary/aromatic N) is 1. The van der Waals surface area contributed by atoms with Crippen LogP contribution in [0.3, 0.4) is 0 Å². The van der Waals surface area contributed by atoms with Crippen molar-refractivity contribution in [1.29, 1.82) is 0 Å². The molecule has 1 amide bonds.